The molecule has 18 heavy (non-hydrogen) atoms. The van der Waals surface area contributed by atoms with Crippen LogP contribution in [0.5, 0.6) is 0 Å². The summed E-state index contributed by atoms with van der Waals surface area (Å²) in [6.45, 7) is 5.26. The highest BCUT2D eigenvalue weighted by Crippen LogP contribution is 2.25. The Balaban J connectivity index is 2.08. The first-order chi connectivity index (χ1) is 8.69. The second-order valence-corrected chi connectivity index (χ2v) is 5.71. The number of hydrogen-bond donors (Lipinski definition) is 1. The average Bonchev–Trinajstić information content (AvgIpc) is 2.92. The van der Waals surface area contributed by atoms with Gasteiger partial charge in [-0.15, -0.1) is 0 Å². The van der Waals surface area contributed by atoms with Gasteiger partial charge in [0, 0.05) is 17.6 Å². The van der Waals surface area contributed by atoms with E-state index in [1.165, 1.54) is 0 Å². The molecule has 3 rings (SSSR count). The Kier molecular flexibility index (Phi) is 3.03. The molecule has 96 valence electrons. The topological polar surface area (TPSA) is 41.0 Å². The predicted octanol–water partition coefficient (Wildman–Crippen LogP) is 2.36. The molecule has 2 aromatic rings. The van der Waals surface area contributed by atoms with Crippen LogP contribution >= 0.6 is 15.9 Å². The van der Waals surface area contributed by atoms with Crippen molar-refractivity contribution in [1.82, 2.24) is 14.5 Å². The van der Waals surface area contributed by atoms with Crippen molar-refractivity contribution in [3.05, 3.63) is 33.2 Å². The summed E-state index contributed by atoms with van der Waals surface area (Å²) >= 11 is 3.47. The summed E-state index contributed by atoms with van der Waals surface area (Å²) in [5, 5.41) is 0. The molecule has 1 unspecified atom stereocenters. The number of nitrogens with one attached hydrogen (secondary N) is 1. The molecule has 1 N–H and O–H groups in total. The number of H-pyrrole nitrogens is 1. The third kappa shape index (κ3) is 1.91. The summed E-state index contributed by atoms with van der Waals surface area (Å²) in [5.74, 6) is 0. The van der Waals surface area contributed by atoms with Gasteiger partial charge in [0.2, 0.25) is 0 Å². The van der Waals surface area contributed by atoms with Gasteiger partial charge in [-0.2, -0.15) is 0 Å². The van der Waals surface area contributed by atoms with Gasteiger partial charge in [0.05, 0.1) is 17.1 Å². The summed E-state index contributed by atoms with van der Waals surface area (Å²) in [6, 6.07) is 6.21. The molecule has 0 aliphatic carbocycles. The van der Waals surface area contributed by atoms with E-state index in [2.05, 4.69) is 32.7 Å². The summed E-state index contributed by atoms with van der Waals surface area (Å²) in [5.41, 5.74) is 1.92. The molecular formula is C13H16BrN3O. The SMILES string of the molecule is CCN1CCC(n2c(=O)[nH]c3ccc(Br)cc32)C1. The summed E-state index contributed by atoms with van der Waals surface area (Å²) in [6.07, 6.45) is 1.05. The lowest BCUT2D eigenvalue weighted by Crippen LogP contribution is -2.26. The number of hydrogen-bond acceptors (Lipinski definition) is 2. The lowest BCUT2D eigenvalue weighted by Gasteiger charge is -2.14. The minimum Gasteiger partial charge on any atom is -0.306 e. The van der Waals surface area contributed by atoms with Gasteiger partial charge < -0.3 is 9.88 Å². The lowest BCUT2D eigenvalue weighted by molar-refractivity contribution is 0.341. The Morgan fingerprint density at radius 3 is 3.06 bits per heavy atom. The molecule has 1 atom stereocenters. The number of rotatable bonds is 2. The van der Waals surface area contributed by atoms with E-state index >= 15 is 0 Å². The first-order valence-electron chi connectivity index (χ1n) is 6.31. The summed E-state index contributed by atoms with van der Waals surface area (Å²) in [4.78, 5) is 17.4. The zero-order valence-electron chi connectivity index (χ0n) is 10.3. The molecule has 2 heterocycles. The highest BCUT2D eigenvalue weighted by Gasteiger charge is 2.25. The maximum atomic E-state index is 12.1. The quantitative estimate of drug-likeness (QED) is 0.925. The van der Waals surface area contributed by atoms with Gasteiger partial charge in [-0.05, 0) is 31.2 Å². The summed E-state index contributed by atoms with van der Waals surface area (Å²) in [7, 11) is 0. The van der Waals surface area contributed by atoms with Gasteiger partial charge in [0.15, 0.2) is 0 Å². The van der Waals surface area contributed by atoms with Gasteiger partial charge >= 0.3 is 5.69 Å². The highest BCUT2D eigenvalue weighted by atomic mass is 79.9. The maximum Gasteiger partial charge on any atom is 0.326 e. The molecule has 1 saturated heterocycles. The summed E-state index contributed by atoms with van der Waals surface area (Å²) < 4.78 is 2.92. The number of likely N-dealkylation sites (tertiary alicyclic amines) is 1. The molecule has 1 aromatic heterocycles. The molecule has 1 aromatic carbocycles. The van der Waals surface area contributed by atoms with Crippen molar-refractivity contribution in [3.63, 3.8) is 0 Å². The number of likely N-dealkylation sites (N-methyl/N-ethyl adjacent to an activating group) is 1. The Morgan fingerprint density at radius 2 is 2.33 bits per heavy atom. The molecule has 0 spiro atoms. The fraction of sp³-hybridized carbons (Fsp3) is 0.462. The van der Waals surface area contributed by atoms with Gasteiger partial charge in [-0.3, -0.25) is 4.57 Å². The van der Waals surface area contributed by atoms with E-state index in [0.29, 0.717) is 6.04 Å². The number of halogens is 1. The van der Waals surface area contributed by atoms with E-state index in [4.69, 9.17) is 0 Å². The highest BCUT2D eigenvalue weighted by molar-refractivity contribution is 9.10. The molecule has 0 radical (unpaired) electrons. The molecule has 5 heteroatoms. The largest absolute Gasteiger partial charge is 0.326 e. The van der Waals surface area contributed by atoms with E-state index in [9.17, 15) is 4.79 Å². The van der Waals surface area contributed by atoms with Gasteiger partial charge in [0.1, 0.15) is 0 Å². The van der Waals surface area contributed by atoms with Gasteiger partial charge in [0.25, 0.3) is 0 Å². The van der Waals surface area contributed by atoms with E-state index in [-0.39, 0.29) is 5.69 Å². The Labute approximate surface area is 114 Å². The van der Waals surface area contributed by atoms with E-state index in [1.807, 2.05) is 22.8 Å². The van der Waals surface area contributed by atoms with Crippen molar-refractivity contribution in [2.45, 2.75) is 19.4 Å². The normalized spacial score (nSPS) is 20.9. The van der Waals surface area contributed by atoms with E-state index < -0.39 is 0 Å². The number of nitrogens with zero attached hydrogens (tertiary/aromatic N) is 2. The molecule has 1 fully saturated rings. The fourth-order valence-corrected chi connectivity index (χ4v) is 3.12. The molecule has 1 aliphatic rings. The lowest BCUT2D eigenvalue weighted by atomic mass is 10.2. The zero-order chi connectivity index (χ0) is 12.7. The predicted molar refractivity (Wildman–Crippen MR) is 76.0 cm³/mol. The van der Waals surface area contributed by atoms with Crippen molar-refractivity contribution in [2.75, 3.05) is 19.6 Å². The maximum absolute atomic E-state index is 12.1. The number of imidazole rings is 1. The minimum absolute atomic E-state index is 0.00560. The molecule has 0 bridgehead atoms. The van der Waals surface area contributed by atoms with Crippen LogP contribution in [0.15, 0.2) is 27.5 Å². The molecule has 0 amide bonds. The first kappa shape index (κ1) is 12.0. The first-order valence-corrected chi connectivity index (χ1v) is 7.10. The van der Waals surface area contributed by atoms with Crippen molar-refractivity contribution < 1.29 is 0 Å². The molecule has 0 saturated carbocycles. The van der Waals surface area contributed by atoms with Gasteiger partial charge in [-0.25, -0.2) is 4.79 Å². The van der Waals surface area contributed by atoms with E-state index in [1.54, 1.807) is 0 Å². The van der Waals surface area contributed by atoms with Crippen LogP contribution in [-0.4, -0.2) is 34.1 Å². The van der Waals surface area contributed by atoms with E-state index in [0.717, 1.165) is 41.6 Å². The van der Waals surface area contributed by atoms with Gasteiger partial charge in [-0.1, -0.05) is 22.9 Å². The van der Waals surface area contributed by atoms with Crippen LogP contribution in [0.4, 0.5) is 0 Å². The van der Waals surface area contributed by atoms with Crippen molar-refractivity contribution in [2.24, 2.45) is 0 Å². The number of aromatic amines is 1. The van der Waals surface area contributed by atoms with Crippen LogP contribution in [0.2, 0.25) is 0 Å². The number of benzene rings is 1. The van der Waals surface area contributed by atoms with Crippen LogP contribution in [-0.2, 0) is 0 Å². The van der Waals surface area contributed by atoms with Crippen molar-refractivity contribution in [3.8, 4) is 0 Å². The molecule has 4 nitrogen and oxygen atoms in total. The van der Waals surface area contributed by atoms with Crippen LogP contribution in [0.25, 0.3) is 11.0 Å². The smallest absolute Gasteiger partial charge is 0.306 e. The Bertz CT molecular complexity index is 631. The zero-order valence-corrected chi connectivity index (χ0v) is 11.9. The number of fused-ring (bicyclic) bond motifs is 1. The minimum atomic E-state index is 0.00560. The third-order valence-corrected chi connectivity index (χ3v) is 4.23. The monoisotopic (exact) mass is 309 g/mol. The second kappa shape index (κ2) is 4.55. The van der Waals surface area contributed by atoms with Crippen LogP contribution in [0.1, 0.15) is 19.4 Å². The number of aromatic nitrogens is 2. The fourth-order valence-electron chi connectivity index (χ4n) is 2.77. The molecule has 1 aliphatic heterocycles. The molecular weight excluding hydrogens is 294 g/mol. The Hall–Kier alpha value is -1.07. The van der Waals surface area contributed by atoms with Crippen molar-refractivity contribution >= 4 is 27.0 Å². The Morgan fingerprint density at radius 1 is 1.50 bits per heavy atom. The van der Waals surface area contributed by atoms with Crippen LogP contribution < -0.4 is 5.69 Å². The average molecular weight is 310 g/mol. The third-order valence-electron chi connectivity index (χ3n) is 3.74. The second-order valence-electron chi connectivity index (χ2n) is 4.80. The van der Waals surface area contributed by atoms with Crippen LogP contribution in [0.3, 0.4) is 0 Å². The van der Waals surface area contributed by atoms with Crippen molar-refractivity contribution in [1.29, 1.82) is 0 Å². The standard InChI is InChI=1S/C13H16BrN3O/c1-2-16-6-5-10(8-16)17-12-7-9(14)3-4-11(12)15-13(17)18/h3-4,7,10H,2,5-6,8H2,1H3,(H,15,18). The van der Waals surface area contributed by atoms with Crippen LogP contribution in [0, 0.1) is 0 Å².